The van der Waals surface area contributed by atoms with E-state index in [1.165, 1.54) is 0 Å². The molecular weight excluding hydrogens is 243 g/mol. The summed E-state index contributed by atoms with van der Waals surface area (Å²) in [5.74, 6) is 0. The summed E-state index contributed by atoms with van der Waals surface area (Å²) in [7, 11) is 0. The van der Waals surface area contributed by atoms with Gasteiger partial charge in [0.2, 0.25) is 0 Å². The maximum atomic E-state index is 6.21. The standard InChI is InChI=1S/C12H16Cl2N2/c1-8-7-9(15)5-6-16(8)12-10(13)3-2-4-11(12)14/h2-4,8-9H,5-7,15H2,1H3. The molecule has 1 saturated heterocycles. The average Bonchev–Trinajstić information content (AvgIpc) is 2.20. The summed E-state index contributed by atoms with van der Waals surface area (Å²) in [4.78, 5) is 2.26. The Bertz CT molecular complexity index is 361. The van der Waals surface area contributed by atoms with Gasteiger partial charge in [-0.05, 0) is 31.9 Å². The van der Waals surface area contributed by atoms with Crippen molar-refractivity contribution >= 4 is 28.9 Å². The number of nitrogens with two attached hydrogens (primary N) is 1. The van der Waals surface area contributed by atoms with Crippen LogP contribution in [0.2, 0.25) is 10.0 Å². The first kappa shape index (κ1) is 12.0. The Kier molecular flexibility index (Phi) is 3.63. The van der Waals surface area contributed by atoms with Crippen LogP contribution in [0.4, 0.5) is 5.69 Å². The minimum absolute atomic E-state index is 0.299. The Morgan fingerprint density at radius 2 is 1.94 bits per heavy atom. The largest absolute Gasteiger partial charge is 0.366 e. The van der Waals surface area contributed by atoms with E-state index in [-0.39, 0.29) is 0 Å². The van der Waals surface area contributed by atoms with Crippen LogP contribution in [0, 0.1) is 0 Å². The van der Waals surface area contributed by atoms with Crippen LogP contribution in [0.15, 0.2) is 18.2 Å². The number of hydrogen-bond acceptors (Lipinski definition) is 2. The van der Waals surface area contributed by atoms with Gasteiger partial charge in [0, 0.05) is 18.6 Å². The van der Waals surface area contributed by atoms with Crippen LogP contribution in [-0.4, -0.2) is 18.6 Å². The number of rotatable bonds is 1. The van der Waals surface area contributed by atoms with Crippen LogP contribution in [0.1, 0.15) is 19.8 Å². The molecule has 88 valence electrons. The number of hydrogen-bond donors (Lipinski definition) is 1. The Balaban J connectivity index is 2.30. The van der Waals surface area contributed by atoms with E-state index in [4.69, 9.17) is 28.9 Å². The molecule has 2 atom stereocenters. The number of nitrogens with zero attached hydrogens (tertiary/aromatic N) is 1. The second-order valence-corrected chi connectivity index (χ2v) is 5.21. The molecule has 0 saturated carbocycles. The average molecular weight is 259 g/mol. The zero-order chi connectivity index (χ0) is 11.7. The van der Waals surface area contributed by atoms with E-state index in [2.05, 4.69) is 11.8 Å². The minimum atomic E-state index is 0.299. The summed E-state index contributed by atoms with van der Waals surface area (Å²) in [6.45, 7) is 3.09. The molecule has 0 aliphatic carbocycles. The molecule has 1 aliphatic heterocycles. The first-order valence-electron chi connectivity index (χ1n) is 5.56. The van der Waals surface area contributed by atoms with E-state index in [1.807, 2.05) is 18.2 Å². The minimum Gasteiger partial charge on any atom is -0.366 e. The molecule has 0 aromatic heterocycles. The lowest BCUT2D eigenvalue weighted by atomic mass is 9.98. The van der Waals surface area contributed by atoms with Gasteiger partial charge in [0.05, 0.1) is 15.7 Å². The molecule has 1 aliphatic rings. The Hall–Kier alpha value is -0.440. The summed E-state index contributed by atoms with van der Waals surface area (Å²) in [5.41, 5.74) is 6.90. The van der Waals surface area contributed by atoms with Gasteiger partial charge in [0.25, 0.3) is 0 Å². The van der Waals surface area contributed by atoms with Crippen molar-refractivity contribution in [3.8, 4) is 0 Å². The zero-order valence-electron chi connectivity index (χ0n) is 9.29. The molecule has 1 aromatic carbocycles. The summed E-state index contributed by atoms with van der Waals surface area (Å²) in [6, 6.07) is 6.32. The normalized spacial score (nSPS) is 25.9. The Labute approximate surface area is 106 Å². The van der Waals surface area contributed by atoms with Gasteiger partial charge in [-0.1, -0.05) is 29.3 Å². The molecule has 1 heterocycles. The van der Waals surface area contributed by atoms with E-state index in [0.29, 0.717) is 12.1 Å². The molecular formula is C12H16Cl2N2. The van der Waals surface area contributed by atoms with E-state index >= 15 is 0 Å². The smallest absolute Gasteiger partial charge is 0.0747 e. The lowest BCUT2D eigenvalue weighted by Crippen LogP contribution is -2.45. The summed E-state index contributed by atoms with van der Waals surface area (Å²) in [5, 5.41) is 1.43. The molecule has 16 heavy (non-hydrogen) atoms. The molecule has 0 bridgehead atoms. The van der Waals surface area contributed by atoms with Gasteiger partial charge in [-0.2, -0.15) is 0 Å². The van der Waals surface area contributed by atoms with Gasteiger partial charge in [-0.3, -0.25) is 0 Å². The first-order chi connectivity index (χ1) is 7.59. The van der Waals surface area contributed by atoms with Gasteiger partial charge >= 0.3 is 0 Å². The van der Waals surface area contributed by atoms with Gasteiger partial charge in [0.1, 0.15) is 0 Å². The molecule has 2 N–H and O–H groups in total. The highest BCUT2D eigenvalue weighted by Gasteiger charge is 2.26. The van der Waals surface area contributed by atoms with Crippen LogP contribution in [-0.2, 0) is 0 Å². The lowest BCUT2D eigenvalue weighted by Gasteiger charge is -2.39. The van der Waals surface area contributed by atoms with Crippen LogP contribution < -0.4 is 10.6 Å². The van der Waals surface area contributed by atoms with Gasteiger partial charge in [-0.15, -0.1) is 0 Å². The summed E-state index contributed by atoms with van der Waals surface area (Å²) in [6.07, 6.45) is 1.98. The predicted octanol–water partition coefficient (Wildman–Crippen LogP) is 3.31. The molecule has 4 heteroatoms. The fraction of sp³-hybridized carbons (Fsp3) is 0.500. The lowest BCUT2D eigenvalue weighted by molar-refractivity contribution is 0.430. The van der Waals surface area contributed by atoms with E-state index < -0.39 is 0 Å². The molecule has 1 fully saturated rings. The van der Waals surface area contributed by atoms with Crippen molar-refractivity contribution in [2.24, 2.45) is 5.73 Å². The molecule has 0 amide bonds. The topological polar surface area (TPSA) is 29.3 Å². The van der Waals surface area contributed by atoms with Crippen LogP contribution >= 0.6 is 23.2 Å². The SMILES string of the molecule is CC1CC(N)CCN1c1c(Cl)cccc1Cl. The second-order valence-electron chi connectivity index (χ2n) is 4.40. The monoisotopic (exact) mass is 258 g/mol. The number of piperidine rings is 1. The van der Waals surface area contributed by atoms with Crippen LogP contribution in [0.5, 0.6) is 0 Å². The highest BCUT2D eigenvalue weighted by Crippen LogP contribution is 2.36. The highest BCUT2D eigenvalue weighted by atomic mass is 35.5. The number of anilines is 1. The maximum Gasteiger partial charge on any atom is 0.0747 e. The van der Waals surface area contributed by atoms with Crippen molar-refractivity contribution in [2.45, 2.75) is 31.8 Å². The summed E-state index contributed by atoms with van der Waals surface area (Å²) < 4.78 is 0. The van der Waals surface area contributed by atoms with Crippen LogP contribution in [0.25, 0.3) is 0 Å². The van der Waals surface area contributed by atoms with Crippen molar-refractivity contribution in [3.05, 3.63) is 28.2 Å². The third kappa shape index (κ3) is 2.29. The van der Waals surface area contributed by atoms with Crippen molar-refractivity contribution in [1.82, 2.24) is 0 Å². The first-order valence-corrected chi connectivity index (χ1v) is 6.31. The molecule has 2 unspecified atom stereocenters. The summed E-state index contributed by atoms with van der Waals surface area (Å²) >= 11 is 12.4. The van der Waals surface area contributed by atoms with Crippen LogP contribution in [0.3, 0.4) is 0 Å². The van der Waals surface area contributed by atoms with Gasteiger partial charge < -0.3 is 10.6 Å². The number of halogens is 2. The second kappa shape index (κ2) is 4.82. The van der Waals surface area contributed by atoms with Gasteiger partial charge in [-0.25, -0.2) is 0 Å². The fourth-order valence-corrected chi connectivity index (χ4v) is 2.92. The fourth-order valence-electron chi connectivity index (χ4n) is 2.30. The van der Waals surface area contributed by atoms with E-state index in [1.54, 1.807) is 0 Å². The van der Waals surface area contributed by atoms with Crippen molar-refractivity contribution in [2.75, 3.05) is 11.4 Å². The molecule has 2 nitrogen and oxygen atoms in total. The van der Waals surface area contributed by atoms with Gasteiger partial charge in [0.15, 0.2) is 0 Å². The molecule has 0 radical (unpaired) electrons. The van der Waals surface area contributed by atoms with Crippen molar-refractivity contribution in [1.29, 1.82) is 0 Å². The number of para-hydroxylation sites is 1. The zero-order valence-corrected chi connectivity index (χ0v) is 10.8. The highest BCUT2D eigenvalue weighted by molar-refractivity contribution is 6.39. The number of benzene rings is 1. The predicted molar refractivity (Wildman–Crippen MR) is 70.5 cm³/mol. The Morgan fingerprint density at radius 1 is 1.31 bits per heavy atom. The van der Waals surface area contributed by atoms with E-state index in [0.717, 1.165) is 35.1 Å². The third-order valence-corrected chi connectivity index (χ3v) is 3.75. The molecule has 1 aromatic rings. The van der Waals surface area contributed by atoms with Crippen molar-refractivity contribution in [3.63, 3.8) is 0 Å². The Morgan fingerprint density at radius 3 is 2.50 bits per heavy atom. The maximum absolute atomic E-state index is 6.21. The van der Waals surface area contributed by atoms with Crippen molar-refractivity contribution < 1.29 is 0 Å². The van der Waals surface area contributed by atoms with E-state index in [9.17, 15) is 0 Å². The molecule has 2 rings (SSSR count). The quantitative estimate of drug-likeness (QED) is 0.838. The molecule has 0 spiro atoms. The third-order valence-electron chi connectivity index (χ3n) is 3.14.